The molecule has 1 nitrogen and oxygen atoms in total. The van der Waals surface area contributed by atoms with Crippen LogP contribution in [-0.4, -0.2) is 4.57 Å². The number of benzene rings is 2. The van der Waals surface area contributed by atoms with Gasteiger partial charge >= 0.3 is 0 Å². The van der Waals surface area contributed by atoms with E-state index in [9.17, 15) is 4.39 Å². The Bertz CT molecular complexity index is 751. The summed E-state index contributed by atoms with van der Waals surface area (Å²) < 4.78 is 15.4. The van der Waals surface area contributed by atoms with Crippen LogP contribution in [0.1, 0.15) is 25.5 Å². The number of aromatic nitrogens is 1. The topological polar surface area (TPSA) is 4.93 Å². The molecule has 1 aromatic heterocycles. The lowest BCUT2D eigenvalue weighted by molar-refractivity contribution is 0.622. The molecule has 2 aromatic carbocycles. The summed E-state index contributed by atoms with van der Waals surface area (Å²) in [6.45, 7) is 6.50. The van der Waals surface area contributed by atoms with E-state index in [0.29, 0.717) is 6.04 Å². The van der Waals surface area contributed by atoms with Crippen molar-refractivity contribution in [1.29, 1.82) is 0 Å². The summed E-state index contributed by atoms with van der Waals surface area (Å²) in [6.07, 6.45) is 2.18. The first-order chi connectivity index (χ1) is 9.58. The van der Waals surface area contributed by atoms with E-state index in [1.165, 1.54) is 28.6 Å². The maximum atomic E-state index is 13.1. The molecule has 20 heavy (non-hydrogen) atoms. The molecule has 0 radical (unpaired) electrons. The molecule has 1 heterocycles. The largest absolute Gasteiger partial charge is 0.344 e. The molecule has 0 aliphatic heterocycles. The Kier molecular flexibility index (Phi) is 3.09. The van der Waals surface area contributed by atoms with Crippen LogP contribution in [0.3, 0.4) is 0 Å². The summed E-state index contributed by atoms with van der Waals surface area (Å²) in [5, 5.41) is 1.23. The highest BCUT2D eigenvalue weighted by Crippen LogP contribution is 2.34. The minimum absolute atomic E-state index is 0.197. The molecule has 0 aliphatic rings. The molecule has 0 bridgehead atoms. The molecule has 0 saturated heterocycles. The molecule has 0 saturated carbocycles. The number of rotatable bonds is 2. The van der Waals surface area contributed by atoms with Crippen molar-refractivity contribution in [2.24, 2.45) is 0 Å². The number of aryl methyl sites for hydroxylation is 1. The van der Waals surface area contributed by atoms with E-state index in [4.69, 9.17) is 0 Å². The Labute approximate surface area is 118 Å². The Morgan fingerprint density at radius 3 is 2.35 bits per heavy atom. The second-order valence-corrected chi connectivity index (χ2v) is 5.52. The van der Waals surface area contributed by atoms with Gasteiger partial charge in [-0.25, -0.2) is 4.39 Å². The van der Waals surface area contributed by atoms with E-state index >= 15 is 0 Å². The van der Waals surface area contributed by atoms with Gasteiger partial charge in [0, 0.05) is 23.2 Å². The van der Waals surface area contributed by atoms with Crippen molar-refractivity contribution in [3.63, 3.8) is 0 Å². The van der Waals surface area contributed by atoms with Crippen LogP contribution in [0.5, 0.6) is 0 Å². The van der Waals surface area contributed by atoms with E-state index in [-0.39, 0.29) is 5.82 Å². The number of halogens is 1. The molecule has 2 heteroatoms. The third kappa shape index (κ3) is 2.01. The highest BCUT2D eigenvalue weighted by Gasteiger charge is 2.13. The molecule has 3 aromatic rings. The second-order valence-electron chi connectivity index (χ2n) is 5.52. The molecular formula is C18H18FN. The zero-order valence-electron chi connectivity index (χ0n) is 12.0. The minimum atomic E-state index is -0.197. The molecule has 0 spiro atoms. The van der Waals surface area contributed by atoms with Gasteiger partial charge in [0.25, 0.3) is 0 Å². The summed E-state index contributed by atoms with van der Waals surface area (Å²) in [5.41, 5.74) is 4.75. The van der Waals surface area contributed by atoms with Crippen LogP contribution in [0.25, 0.3) is 22.0 Å². The third-order valence-electron chi connectivity index (χ3n) is 3.77. The highest BCUT2D eigenvalue weighted by molar-refractivity contribution is 5.97. The molecule has 0 unspecified atom stereocenters. The van der Waals surface area contributed by atoms with Crippen molar-refractivity contribution < 1.29 is 4.39 Å². The minimum Gasteiger partial charge on any atom is -0.344 e. The van der Waals surface area contributed by atoms with Crippen molar-refractivity contribution in [2.45, 2.75) is 26.8 Å². The van der Waals surface area contributed by atoms with Crippen molar-refractivity contribution in [3.05, 3.63) is 60.0 Å². The molecule has 102 valence electrons. The van der Waals surface area contributed by atoms with Crippen LogP contribution in [0.15, 0.2) is 48.7 Å². The predicted octanol–water partition coefficient (Wildman–Crippen LogP) is 5.34. The third-order valence-corrected chi connectivity index (χ3v) is 3.77. The Balaban J connectivity index is 2.31. The summed E-state index contributed by atoms with van der Waals surface area (Å²) in [6, 6.07) is 13.5. The molecule has 3 rings (SSSR count). The van der Waals surface area contributed by atoms with E-state index < -0.39 is 0 Å². The van der Waals surface area contributed by atoms with Gasteiger partial charge in [0.15, 0.2) is 0 Å². The lowest BCUT2D eigenvalue weighted by Gasteiger charge is -2.10. The van der Waals surface area contributed by atoms with Gasteiger partial charge in [0.1, 0.15) is 5.82 Å². The van der Waals surface area contributed by atoms with Gasteiger partial charge in [-0.2, -0.15) is 0 Å². The first-order valence-electron chi connectivity index (χ1n) is 6.94. The van der Waals surface area contributed by atoms with Gasteiger partial charge in [-0.3, -0.25) is 0 Å². The fourth-order valence-electron chi connectivity index (χ4n) is 2.76. The monoisotopic (exact) mass is 267 g/mol. The fourth-order valence-corrected chi connectivity index (χ4v) is 2.76. The molecule has 0 N–H and O–H groups in total. The van der Waals surface area contributed by atoms with E-state index in [1.54, 1.807) is 0 Å². The number of para-hydroxylation sites is 1. The van der Waals surface area contributed by atoms with Crippen LogP contribution in [0.2, 0.25) is 0 Å². The fraction of sp³-hybridized carbons (Fsp3) is 0.222. The van der Waals surface area contributed by atoms with E-state index in [1.807, 2.05) is 12.1 Å². The average molecular weight is 267 g/mol. The quantitative estimate of drug-likeness (QED) is 0.591. The first-order valence-corrected chi connectivity index (χ1v) is 6.94. The zero-order chi connectivity index (χ0) is 14.3. The van der Waals surface area contributed by atoms with Crippen molar-refractivity contribution in [2.75, 3.05) is 0 Å². The van der Waals surface area contributed by atoms with Gasteiger partial charge in [0.05, 0.1) is 5.52 Å². The molecule has 0 aliphatic carbocycles. The highest BCUT2D eigenvalue weighted by atomic mass is 19.1. The normalized spacial score (nSPS) is 11.4. The zero-order valence-corrected chi connectivity index (χ0v) is 12.0. The summed E-state index contributed by atoms with van der Waals surface area (Å²) in [5.74, 6) is -0.197. The summed E-state index contributed by atoms with van der Waals surface area (Å²) >= 11 is 0. The smallest absolute Gasteiger partial charge is 0.123 e. The van der Waals surface area contributed by atoms with Crippen molar-refractivity contribution in [1.82, 2.24) is 4.57 Å². The van der Waals surface area contributed by atoms with Gasteiger partial charge in [-0.05, 0) is 44.0 Å². The Hall–Kier alpha value is -2.09. The van der Waals surface area contributed by atoms with Crippen molar-refractivity contribution in [3.8, 4) is 11.1 Å². The predicted molar refractivity (Wildman–Crippen MR) is 82.5 cm³/mol. The molecule has 0 atom stereocenters. The van der Waals surface area contributed by atoms with Crippen LogP contribution in [0.4, 0.5) is 4.39 Å². The van der Waals surface area contributed by atoms with Crippen LogP contribution >= 0.6 is 0 Å². The SMILES string of the molecule is Cc1cccc2c(-c3ccc(F)cc3)cn(C(C)C)c12. The Morgan fingerprint density at radius 1 is 1.00 bits per heavy atom. The molecule has 0 amide bonds. The Morgan fingerprint density at radius 2 is 1.70 bits per heavy atom. The van der Waals surface area contributed by atoms with E-state index in [0.717, 1.165) is 11.1 Å². The van der Waals surface area contributed by atoms with Gasteiger partial charge in [-0.1, -0.05) is 30.3 Å². The average Bonchev–Trinajstić information content (AvgIpc) is 2.81. The lowest BCUT2D eigenvalue weighted by atomic mass is 10.0. The van der Waals surface area contributed by atoms with Gasteiger partial charge in [0.2, 0.25) is 0 Å². The second kappa shape index (κ2) is 4.78. The van der Waals surface area contributed by atoms with Gasteiger partial charge in [-0.15, -0.1) is 0 Å². The van der Waals surface area contributed by atoms with Crippen LogP contribution < -0.4 is 0 Å². The summed E-state index contributed by atoms with van der Waals surface area (Å²) in [4.78, 5) is 0. The maximum Gasteiger partial charge on any atom is 0.123 e. The van der Waals surface area contributed by atoms with E-state index in [2.05, 4.69) is 49.7 Å². The number of nitrogens with zero attached hydrogens (tertiary/aromatic N) is 1. The van der Waals surface area contributed by atoms with Crippen molar-refractivity contribution >= 4 is 10.9 Å². The van der Waals surface area contributed by atoms with Crippen LogP contribution in [-0.2, 0) is 0 Å². The lowest BCUT2D eigenvalue weighted by Crippen LogP contribution is -1.99. The van der Waals surface area contributed by atoms with Crippen LogP contribution in [0, 0.1) is 12.7 Å². The van der Waals surface area contributed by atoms with Gasteiger partial charge < -0.3 is 4.57 Å². The number of hydrogen-bond acceptors (Lipinski definition) is 0. The molecule has 0 fully saturated rings. The number of fused-ring (bicyclic) bond motifs is 1. The standard InChI is InChI=1S/C18H18FN/c1-12(2)20-11-17(14-7-9-15(19)10-8-14)16-6-4-5-13(3)18(16)20/h4-12H,1-3H3. The first kappa shape index (κ1) is 12.9. The molecular weight excluding hydrogens is 249 g/mol. The maximum absolute atomic E-state index is 13.1. The summed E-state index contributed by atoms with van der Waals surface area (Å²) in [7, 11) is 0. The number of hydrogen-bond donors (Lipinski definition) is 0.